The minimum atomic E-state index is -0.680. The van der Waals surface area contributed by atoms with Gasteiger partial charge < -0.3 is 9.72 Å². The van der Waals surface area contributed by atoms with Gasteiger partial charge >= 0.3 is 0 Å². The molecule has 1 N–H and O–H groups in total. The second-order valence-corrected chi connectivity index (χ2v) is 8.05. The van der Waals surface area contributed by atoms with Crippen LogP contribution in [-0.2, 0) is 6.61 Å². The van der Waals surface area contributed by atoms with E-state index in [1.165, 1.54) is 18.2 Å². The molecule has 0 saturated heterocycles. The van der Waals surface area contributed by atoms with Crippen molar-refractivity contribution in [3.63, 3.8) is 0 Å². The number of fused-ring (bicyclic) bond motifs is 1. The molecule has 0 atom stereocenters. The standard InChI is InChI=1S/C22H13BrF2N2OS/c23-21-15-6-7-27-18(15)9-17(25)22(21)29-20-8-14(11-26)16(24)10-19(20)28-12-13-4-2-1-3-5-13/h1-10,27H,12H2. The predicted molar refractivity (Wildman–Crippen MR) is 112 cm³/mol. The van der Waals surface area contributed by atoms with E-state index in [-0.39, 0.29) is 17.9 Å². The molecule has 0 saturated carbocycles. The number of nitriles is 1. The van der Waals surface area contributed by atoms with Gasteiger partial charge in [-0.15, -0.1) is 0 Å². The number of ether oxygens (including phenoxy) is 1. The van der Waals surface area contributed by atoms with E-state index >= 15 is 0 Å². The van der Waals surface area contributed by atoms with E-state index in [0.717, 1.165) is 22.7 Å². The first kappa shape index (κ1) is 19.5. The summed E-state index contributed by atoms with van der Waals surface area (Å²) in [6.45, 7) is 0.222. The fourth-order valence-electron chi connectivity index (χ4n) is 2.86. The third kappa shape index (κ3) is 4.00. The molecule has 144 valence electrons. The third-order valence-corrected chi connectivity index (χ3v) is 6.53. The van der Waals surface area contributed by atoms with Crippen molar-refractivity contribution in [2.24, 2.45) is 0 Å². The van der Waals surface area contributed by atoms with Gasteiger partial charge in [0.1, 0.15) is 30.1 Å². The average molecular weight is 471 g/mol. The minimum Gasteiger partial charge on any atom is -0.488 e. The largest absolute Gasteiger partial charge is 0.488 e. The Kier molecular flexibility index (Phi) is 5.56. The molecular formula is C22H13BrF2N2OS. The second-order valence-electron chi connectivity index (χ2n) is 6.21. The van der Waals surface area contributed by atoms with Crippen LogP contribution in [0.15, 0.2) is 75.1 Å². The highest BCUT2D eigenvalue weighted by Gasteiger charge is 2.18. The summed E-state index contributed by atoms with van der Waals surface area (Å²) in [6.07, 6.45) is 1.73. The number of rotatable bonds is 5. The first-order valence-electron chi connectivity index (χ1n) is 8.60. The summed E-state index contributed by atoms with van der Waals surface area (Å²) in [5.74, 6) is -0.870. The number of nitrogens with one attached hydrogen (secondary N) is 1. The van der Waals surface area contributed by atoms with Crippen molar-refractivity contribution in [1.29, 1.82) is 5.26 Å². The van der Waals surface area contributed by atoms with E-state index in [1.807, 2.05) is 42.5 Å². The maximum atomic E-state index is 14.7. The van der Waals surface area contributed by atoms with Crippen molar-refractivity contribution in [2.45, 2.75) is 16.4 Å². The van der Waals surface area contributed by atoms with Crippen LogP contribution in [0.5, 0.6) is 5.75 Å². The lowest BCUT2D eigenvalue weighted by Gasteiger charge is -2.14. The van der Waals surface area contributed by atoms with Gasteiger partial charge in [0.15, 0.2) is 0 Å². The highest BCUT2D eigenvalue weighted by Crippen LogP contribution is 2.43. The number of nitrogens with zero attached hydrogens (tertiary/aromatic N) is 1. The first-order chi connectivity index (χ1) is 14.1. The molecule has 7 heteroatoms. The molecule has 29 heavy (non-hydrogen) atoms. The lowest BCUT2D eigenvalue weighted by atomic mass is 10.2. The number of halogens is 3. The molecule has 0 amide bonds. The molecule has 0 radical (unpaired) electrons. The molecular weight excluding hydrogens is 458 g/mol. The Balaban J connectivity index is 1.73. The zero-order valence-corrected chi connectivity index (χ0v) is 17.3. The quantitative estimate of drug-likeness (QED) is 0.348. The van der Waals surface area contributed by atoms with E-state index in [4.69, 9.17) is 4.74 Å². The van der Waals surface area contributed by atoms with Crippen molar-refractivity contribution < 1.29 is 13.5 Å². The number of aromatic amines is 1. The van der Waals surface area contributed by atoms with Crippen LogP contribution in [0.4, 0.5) is 8.78 Å². The van der Waals surface area contributed by atoms with Crippen LogP contribution in [0.3, 0.4) is 0 Å². The summed E-state index contributed by atoms with van der Waals surface area (Å²) in [5, 5.41) is 10.0. The van der Waals surface area contributed by atoms with Crippen LogP contribution in [0.25, 0.3) is 10.9 Å². The molecule has 1 aromatic heterocycles. The highest BCUT2D eigenvalue weighted by molar-refractivity contribution is 9.10. The molecule has 4 rings (SSSR count). The van der Waals surface area contributed by atoms with Gasteiger partial charge in [0, 0.05) is 27.6 Å². The third-order valence-electron chi connectivity index (χ3n) is 4.31. The summed E-state index contributed by atoms with van der Waals surface area (Å²) >= 11 is 4.54. The van der Waals surface area contributed by atoms with Gasteiger partial charge in [0.25, 0.3) is 0 Å². The van der Waals surface area contributed by atoms with Crippen LogP contribution in [0.1, 0.15) is 11.1 Å². The number of aromatic nitrogens is 1. The van der Waals surface area contributed by atoms with E-state index < -0.39 is 11.6 Å². The molecule has 3 nitrogen and oxygen atoms in total. The molecule has 0 bridgehead atoms. The Bertz CT molecular complexity index is 1240. The van der Waals surface area contributed by atoms with Crippen LogP contribution in [0, 0.1) is 23.0 Å². The average Bonchev–Trinajstić information content (AvgIpc) is 3.20. The monoisotopic (exact) mass is 470 g/mol. The SMILES string of the molecule is N#Cc1cc(Sc2c(F)cc3[nH]ccc3c2Br)c(OCc2ccccc2)cc1F. The number of hydrogen-bond acceptors (Lipinski definition) is 3. The molecule has 0 fully saturated rings. The summed E-state index contributed by atoms with van der Waals surface area (Å²) in [6, 6.07) is 17.1. The van der Waals surface area contributed by atoms with E-state index in [2.05, 4.69) is 20.9 Å². The van der Waals surface area contributed by atoms with Crippen LogP contribution >= 0.6 is 27.7 Å². The van der Waals surface area contributed by atoms with Crippen LogP contribution in [-0.4, -0.2) is 4.98 Å². The normalized spacial score (nSPS) is 10.8. The smallest absolute Gasteiger partial charge is 0.144 e. The Morgan fingerprint density at radius 3 is 2.62 bits per heavy atom. The summed E-state index contributed by atoms with van der Waals surface area (Å²) < 4.78 is 35.4. The molecule has 1 heterocycles. The number of hydrogen-bond donors (Lipinski definition) is 1. The van der Waals surface area contributed by atoms with E-state index in [9.17, 15) is 14.0 Å². The maximum Gasteiger partial charge on any atom is 0.144 e. The molecule has 4 aromatic rings. The first-order valence-corrected chi connectivity index (χ1v) is 10.2. The minimum absolute atomic E-state index is 0.126. The van der Waals surface area contributed by atoms with Crippen molar-refractivity contribution in [3.8, 4) is 11.8 Å². The topological polar surface area (TPSA) is 48.8 Å². The molecule has 0 aliphatic carbocycles. The van der Waals surface area contributed by atoms with Crippen molar-refractivity contribution in [3.05, 3.63) is 88.0 Å². The second kappa shape index (κ2) is 8.27. The lowest BCUT2D eigenvalue weighted by Crippen LogP contribution is -1.99. The fraction of sp³-hybridized carbons (Fsp3) is 0.0455. The summed E-state index contributed by atoms with van der Waals surface area (Å²) in [7, 11) is 0. The van der Waals surface area contributed by atoms with Gasteiger partial charge in [-0.1, -0.05) is 42.1 Å². The van der Waals surface area contributed by atoms with Crippen LogP contribution < -0.4 is 4.74 Å². The number of benzene rings is 3. The van der Waals surface area contributed by atoms with Crippen molar-refractivity contribution in [2.75, 3.05) is 0 Å². The van der Waals surface area contributed by atoms with Gasteiger partial charge in [0.05, 0.1) is 15.4 Å². The van der Waals surface area contributed by atoms with Crippen LogP contribution in [0.2, 0.25) is 0 Å². The fourth-order valence-corrected chi connectivity index (χ4v) is 4.61. The predicted octanol–water partition coefficient (Wildman–Crippen LogP) is 6.81. The Morgan fingerprint density at radius 1 is 1.07 bits per heavy atom. The van der Waals surface area contributed by atoms with Crippen molar-refractivity contribution >= 4 is 38.6 Å². The van der Waals surface area contributed by atoms with E-state index in [0.29, 0.717) is 19.8 Å². The van der Waals surface area contributed by atoms with E-state index in [1.54, 1.807) is 6.20 Å². The maximum absolute atomic E-state index is 14.7. The van der Waals surface area contributed by atoms with Gasteiger partial charge in [-0.25, -0.2) is 8.78 Å². The van der Waals surface area contributed by atoms with Crippen molar-refractivity contribution in [1.82, 2.24) is 4.98 Å². The Hall–Kier alpha value is -2.82. The summed E-state index contributed by atoms with van der Waals surface area (Å²) in [4.78, 5) is 3.75. The Morgan fingerprint density at radius 2 is 1.86 bits per heavy atom. The summed E-state index contributed by atoms with van der Waals surface area (Å²) in [5.41, 5.74) is 1.45. The molecule has 3 aromatic carbocycles. The van der Waals surface area contributed by atoms with Gasteiger partial charge in [-0.3, -0.25) is 0 Å². The molecule has 0 aliphatic heterocycles. The highest BCUT2D eigenvalue weighted by atomic mass is 79.9. The molecule has 0 unspecified atom stereocenters. The van der Waals surface area contributed by atoms with Gasteiger partial charge in [-0.05, 0) is 39.7 Å². The lowest BCUT2D eigenvalue weighted by molar-refractivity contribution is 0.297. The number of H-pyrrole nitrogens is 1. The zero-order chi connectivity index (χ0) is 20.4. The molecule has 0 spiro atoms. The Labute approximate surface area is 178 Å². The zero-order valence-electron chi connectivity index (χ0n) is 14.9. The molecule has 0 aliphatic rings. The van der Waals surface area contributed by atoms with Gasteiger partial charge in [0.2, 0.25) is 0 Å². The van der Waals surface area contributed by atoms with Gasteiger partial charge in [-0.2, -0.15) is 5.26 Å².